The van der Waals surface area contributed by atoms with E-state index in [9.17, 15) is 4.79 Å². The van der Waals surface area contributed by atoms with E-state index in [4.69, 9.17) is 0 Å². The molecule has 4 heteroatoms. The molecule has 0 bridgehead atoms. The Bertz CT molecular complexity index is 477. The minimum Gasteiger partial charge on any atom is -0.324 e. The summed E-state index contributed by atoms with van der Waals surface area (Å²) in [6.07, 6.45) is 3.42. The molecule has 0 radical (unpaired) electrons. The van der Waals surface area contributed by atoms with Gasteiger partial charge in [0.25, 0.3) is 0 Å². The maximum atomic E-state index is 11.7. The van der Waals surface area contributed by atoms with Gasteiger partial charge in [0.05, 0.1) is 0 Å². The summed E-state index contributed by atoms with van der Waals surface area (Å²) in [5, 5.41) is 6.82. The van der Waals surface area contributed by atoms with Crippen LogP contribution in [0, 0.1) is 6.92 Å². The summed E-state index contributed by atoms with van der Waals surface area (Å²) < 4.78 is 1.59. The Labute approximate surface area is 93.9 Å². The highest BCUT2D eigenvalue weighted by atomic mass is 16.2. The first-order chi connectivity index (χ1) is 7.75. The predicted molar refractivity (Wildman–Crippen MR) is 62.0 cm³/mol. The number of benzene rings is 1. The minimum atomic E-state index is -0.0713. The fourth-order valence-corrected chi connectivity index (χ4v) is 1.44. The maximum absolute atomic E-state index is 11.7. The van der Waals surface area contributed by atoms with Crippen molar-refractivity contribution in [3.05, 3.63) is 48.3 Å². The molecule has 1 amide bonds. The average Bonchev–Trinajstić information content (AvgIpc) is 2.74. The monoisotopic (exact) mass is 215 g/mol. The zero-order valence-electron chi connectivity index (χ0n) is 9.05. The van der Waals surface area contributed by atoms with Crippen LogP contribution in [0.15, 0.2) is 42.7 Å². The molecule has 1 aromatic carbocycles. The molecule has 2 aromatic rings. The number of carbonyl (C=O) groups excluding carboxylic acids is 1. The molecule has 0 saturated heterocycles. The lowest BCUT2D eigenvalue weighted by Crippen LogP contribution is -2.19. The third kappa shape index (κ3) is 2.48. The van der Waals surface area contributed by atoms with E-state index in [0.717, 1.165) is 11.3 Å². The highest BCUT2D eigenvalue weighted by Crippen LogP contribution is 2.12. The van der Waals surface area contributed by atoms with E-state index in [1.165, 1.54) is 0 Å². The van der Waals surface area contributed by atoms with E-state index < -0.39 is 0 Å². The van der Waals surface area contributed by atoms with Crippen molar-refractivity contribution in [2.45, 2.75) is 13.5 Å². The van der Waals surface area contributed by atoms with Crippen molar-refractivity contribution < 1.29 is 4.79 Å². The van der Waals surface area contributed by atoms with Crippen molar-refractivity contribution in [3.8, 4) is 0 Å². The molecule has 1 heterocycles. The van der Waals surface area contributed by atoms with Gasteiger partial charge in [-0.2, -0.15) is 5.10 Å². The van der Waals surface area contributed by atoms with Gasteiger partial charge in [0, 0.05) is 18.1 Å². The summed E-state index contributed by atoms with van der Waals surface area (Å²) in [5.74, 6) is -0.0713. The Balaban J connectivity index is 2.00. The molecule has 1 aromatic heterocycles. The lowest BCUT2D eigenvalue weighted by Gasteiger charge is -2.07. The van der Waals surface area contributed by atoms with Crippen molar-refractivity contribution in [2.24, 2.45) is 0 Å². The summed E-state index contributed by atoms with van der Waals surface area (Å²) in [7, 11) is 0. The summed E-state index contributed by atoms with van der Waals surface area (Å²) in [4.78, 5) is 11.7. The number of nitrogens with one attached hydrogen (secondary N) is 1. The molecule has 0 fully saturated rings. The number of rotatable bonds is 3. The number of hydrogen-bond donors (Lipinski definition) is 1. The SMILES string of the molecule is Cc1ccccc1NC(=O)Cn1cccn1. The van der Waals surface area contributed by atoms with E-state index in [1.54, 1.807) is 23.1 Å². The molecular weight excluding hydrogens is 202 g/mol. The number of hydrogen-bond acceptors (Lipinski definition) is 2. The molecule has 0 aliphatic heterocycles. The normalized spacial score (nSPS) is 10.1. The van der Waals surface area contributed by atoms with Crippen LogP contribution in [0.25, 0.3) is 0 Å². The smallest absolute Gasteiger partial charge is 0.246 e. The van der Waals surface area contributed by atoms with E-state index in [1.807, 2.05) is 31.2 Å². The van der Waals surface area contributed by atoms with Crippen LogP contribution in [0.3, 0.4) is 0 Å². The first-order valence-corrected chi connectivity index (χ1v) is 5.08. The standard InChI is InChI=1S/C12H13N3O/c1-10-5-2-3-6-11(10)14-12(16)9-15-8-4-7-13-15/h2-8H,9H2,1H3,(H,14,16). The zero-order chi connectivity index (χ0) is 11.4. The van der Waals surface area contributed by atoms with Gasteiger partial charge in [-0.1, -0.05) is 18.2 Å². The van der Waals surface area contributed by atoms with Crippen molar-refractivity contribution in [1.82, 2.24) is 9.78 Å². The van der Waals surface area contributed by atoms with Gasteiger partial charge < -0.3 is 5.32 Å². The van der Waals surface area contributed by atoms with Gasteiger partial charge in [-0.05, 0) is 24.6 Å². The highest BCUT2D eigenvalue weighted by Gasteiger charge is 2.04. The Hall–Kier alpha value is -2.10. The molecule has 0 unspecified atom stereocenters. The van der Waals surface area contributed by atoms with Crippen molar-refractivity contribution >= 4 is 11.6 Å². The molecule has 4 nitrogen and oxygen atoms in total. The van der Waals surface area contributed by atoms with Crippen LogP contribution < -0.4 is 5.32 Å². The predicted octanol–water partition coefficient (Wildman–Crippen LogP) is 1.83. The van der Waals surface area contributed by atoms with Gasteiger partial charge >= 0.3 is 0 Å². The van der Waals surface area contributed by atoms with Crippen molar-refractivity contribution in [3.63, 3.8) is 0 Å². The molecule has 0 spiro atoms. The number of nitrogens with zero attached hydrogens (tertiary/aromatic N) is 2. The summed E-state index contributed by atoms with van der Waals surface area (Å²) in [6.45, 7) is 2.20. The number of anilines is 1. The lowest BCUT2D eigenvalue weighted by molar-refractivity contribution is -0.116. The Morgan fingerprint density at radius 1 is 1.38 bits per heavy atom. The summed E-state index contributed by atoms with van der Waals surface area (Å²) in [6, 6.07) is 9.48. The third-order valence-corrected chi connectivity index (χ3v) is 2.28. The molecule has 0 aliphatic rings. The Morgan fingerprint density at radius 3 is 2.88 bits per heavy atom. The first kappa shape index (κ1) is 10.4. The van der Waals surface area contributed by atoms with Gasteiger partial charge in [0.15, 0.2) is 0 Å². The fraction of sp³-hybridized carbons (Fsp3) is 0.167. The molecule has 16 heavy (non-hydrogen) atoms. The first-order valence-electron chi connectivity index (χ1n) is 5.08. The number of amides is 1. The van der Waals surface area contributed by atoms with Crippen molar-refractivity contribution in [1.29, 1.82) is 0 Å². The van der Waals surface area contributed by atoms with Crippen LogP contribution in [-0.2, 0) is 11.3 Å². The van der Waals surface area contributed by atoms with E-state index >= 15 is 0 Å². The van der Waals surface area contributed by atoms with Gasteiger partial charge in [0.2, 0.25) is 5.91 Å². The second kappa shape index (κ2) is 4.61. The van der Waals surface area contributed by atoms with Crippen LogP contribution in [0.2, 0.25) is 0 Å². The molecule has 0 atom stereocenters. The topological polar surface area (TPSA) is 46.9 Å². The van der Waals surface area contributed by atoms with Crippen LogP contribution >= 0.6 is 0 Å². The number of carbonyl (C=O) groups is 1. The van der Waals surface area contributed by atoms with Crippen LogP contribution in [0.4, 0.5) is 5.69 Å². The van der Waals surface area contributed by atoms with Crippen LogP contribution in [0.1, 0.15) is 5.56 Å². The minimum absolute atomic E-state index is 0.0713. The summed E-state index contributed by atoms with van der Waals surface area (Å²) >= 11 is 0. The van der Waals surface area contributed by atoms with Crippen molar-refractivity contribution in [2.75, 3.05) is 5.32 Å². The van der Waals surface area contributed by atoms with E-state index in [2.05, 4.69) is 10.4 Å². The van der Waals surface area contributed by atoms with Gasteiger partial charge in [-0.15, -0.1) is 0 Å². The number of aryl methyl sites for hydroxylation is 1. The van der Waals surface area contributed by atoms with Crippen LogP contribution in [-0.4, -0.2) is 15.7 Å². The number of para-hydroxylation sites is 1. The average molecular weight is 215 g/mol. The maximum Gasteiger partial charge on any atom is 0.246 e. The Kier molecular flexibility index (Phi) is 3.00. The largest absolute Gasteiger partial charge is 0.324 e. The lowest BCUT2D eigenvalue weighted by atomic mass is 10.2. The van der Waals surface area contributed by atoms with E-state index in [-0.39, 0.29) is 12.5 Å². The quantitative estimate of drug-likeness (QED) is 0.849. The molecule has 2 rings (SSSR count). The molecule has 0 saturated carbocycles. The summed E-state index contributed by atoms with van der Waals surface area (Å²) in [5.41, 5.74) is 1.90. The molecule has 0 aliphatic carbocycles. The fourth-order valence-electron chi connectivity index (χ4n) is 1.44. The molecular formula is C12H13N3O. The van der Waals surface area contributed by atoms with E-state index in [0.29, 0.717) is 0 Å². The van der Waals surface area contributed by atoms with Gasteiger partial charge in [0.1, 0.15) is 6.54 Å². The van der Waals surface area contributed by atoms with Gasteiger partial charge in [-0.25, -0.2) is 0 Å². The van der Waals surface area contributed by atoms with Crippen LogP contribution in [0.5, 0.6) is 0 Å². The zero-order valence-corrected chi connectivity index (χ0v) is 9.05. The number of aromatic nitrogens is 2. The molecule has 82 valence electrons. The highest BCUT2D eigenvalue weighted by molar-refractivity contribution is 5.91. The third-order valence-electron chi connectivity index (χ3n) is 2.28. The second-order valence-corrected chi connectivity index (χ2v) is 3.57. The van der Waals surface area contributed by atoms with Gasteiger partial charge in [-0.3, -0.25) is 9.48 Å². The Morgan fingerprint density at radius 2 is 2.19 bits per heavy atom. The second-order valence-electron chi connectivity index (χ2n) is 3.57. The molecule has 1 N–H and O–H groups in total.